The minimum absolute atomic E-state index is 0.244. The highest BCUT2D eigenvalue weighted by Gasteiger charge is 2.13. The molecule has 2 heteroatoms. The second kappa shape index (κ2) is 3.45. The zero-order valence-electron chi connectivity index (χ0n) is 8.47. The van der Waals surface area contributed by atoms with Crippen LogP contribution in [0.25, 0.3) is 0 Å². The average Bonchev–Trinajstić information content (AvgIpc) is 2.51. The summed E-state index contributed by atoms with van der Waals surface area (Å²) < 4.78 is 0. The molecule has 0 saturated heterocycles. The molecule has 0 saturated carbocycles. The van der Waals surface area contributed by atoms with Gasteiger partial charge in [0.2, 0.25) is 5.91 Å². The Morgan fingerprint density at radius 2 is 2.00 bits per heavy atom. The lowest BCUT2D eigenvalue weighted by Crippen LogP contribution is -2.14. The topological polar surface area (TPSA) is 43.1 Å². The number of hydrogen-bond acceptors (Lipinski definition) is 1. The molecule has 0 aliphatic heterocycles. The van der Waals surface area contributed by atoms with E-state index in [-0.39, 0.29) is 5.91 Å². The van der Waals surface area contributed by atoms with E-state index in [1.165, 1.54) is 29.5 Å². The number of carbonyl (C=O) groups is 1. The Balaban J connectivity index is 2.37. The largest absolute Gasteiger partial charge is 0.369 e. The van der Waals surface area contributed by atoms with E-state index in [0.29, 0.717) is 6.42 Å². The maximum Gasteiger partial charge on any atom is 0.221 e. The first-order valence-corrected chi connectivity index (χ1v) is 5.06. The van der Waals surface area contributed by atoms with Crippen molar-refractivity contribution in [1.29, 1.82) is 0 Å². The highest BCUT2D eigenvalue weighted by molar-refractivity contribution is 5.77. The lowest BCUT2D eigenvalue weighted by Gasteiger charge is -2.07. The number of nitrogens with two attached hydrogens (primary N) is 1. The summed E-state index contributed by atoms with van der Waals surface area (Å²) in [6.07, 6.45) is 3.96. The number of primary amides is 1. The maximum atomic E-state index is 10.8. The van der Waals surface area contributed by atoms with E-state index in [2.05, 4.69) is 19.1 Å². The summed E-state index contributed by atoms with van der Waals surface area (Å²) in [6, 6.07) is 4.36. The van der Waals surface area contributed by atoms with Crippen LogP contribution in [0, 0.1) is 6.92 Å². The van der Waals surface area contributed by atoms with Crippen molar-refractivity contribution in [2.45, 2.75) is 32.6 Å². The smallest absolute Gasteiger partial charge is 0.221 e. The van der Waals surface area contributed by atoms with Gasteiger partial charge in [0.15, 0.2) is 0 Å². The fourth-order valence-electron chi connectivity index (χ4n) is 2.18. The van der Waals surface area contributed by atoms with Gasteiger partial charge in [0.25, 0.3) is 0 Å². The van der Waals surface area contributed by atoms with Crippen LogP contribution in [0.15, 0.2) is 12.1 Å². The van der Waals surface area contributed by atoms with Crippen LogP contribution in [-0.4, -0.2) is 5.91 Å². The molecule has 0 aromatic heterocycles. The first kappa shape index (κ1) is 9.25. The fraction of sp³-hybridized carbons (Fsp3) is 0.417. The lowest BCUT2D eigenvalue weighted by molar-refractivity contribution is -0.117. The molecule has 0 unspecified atom stereocenters. The molecule has 14 heavy (non-hydrogen) atoms. The van der Waals surface area contributed by atoms with E-state index in [4.69, 9.17) is 5.73 Å². The molecule has 1 aliphatic carbocycles. The van der Waals surface area contributed by atoms with Crippen LogP contribution in [-0.2, 0) is 24.1 Å². The Morgan fingerprint density at radius 1 is 1.36 bits per heavy atom. The molecule has 2 rings (SSSR count). The van der Waals surface area contributed by atoms with Crippen LogP contribution in [0.2, 0.25) is 0 Å². The quantitative estimate of drug-likeness (QED) is 0.753. The van der Waals surface area contributed by atoms with Gasteiger partial charge >= 0.3 is 0 Å². The van der Waals surface area contributed by atoms with Gasteiger partial charge in [0.05, 0.1) is 6.42 Å². The molecule has 0 atom stereocenters. The van der Waals surface area contributed by atoms with Crippen molar-refractivity contribution >= 4 is 5.91 Å². The number of benzene rings is 1. The summed E-state index contributed by atoms with van der Waals surface area (Å²) in [4.78, 5) is 10.8. The molecule has 0 bridgehead atoms. The zero-order chi connectivity index (χ0) is 10.1. The monoisotopic (exact) mass is 189 g/mol. The summed E-state index contributed by atoms with van der Waals surface area (Å²) in [5.41, 5.74) is 10.4. The summed E-state index contributed by atoms with van der Waals surface area (Å²) in [6.45, 7) is 2.05. The van der Waals surface area contributed by atoms with Crippen LogP contribution >= 0.6 is 0 Å². The van der Waals surface area contributed by atoms with Gasteiger partial charge < -0.3 is 5.73 Å². The van der Waals surface area contributed by atoms with Crippen LogP contribution in [0.1, 0.15) is 28.7 Å². The lowest BCUT2D eigenvalue weighted by atomic mass is 9.99. The van der Waals surface area contributed by atoms with Crippen LogP contribution in [0.4, 0.5) is 0 Å². The molecule has 1 amide bonds. The van der Waals surface area contributed by atoms with E-state index in [0.717, 1.165) is 12.0 Å². The standard InChI is InChI=1S/C12H15NO/c1-8-5-9-3-2-4-10(9)6-11(8)7-12(13)14/h5-6H,2-4,7H2,1H3,(H2,13,14). The third kappa shape index (κ3) is 1.65. The van der Waals surface area contributed by atoms with Crippen molar-refractivity contribution in [3.63, 3.8) is 0 Å². The van der Waals surface area contributed by atoms with Crippen molar-refractivity contribution in [1.82, 2.24) is 0 Å². The van der Waals surface area contributed by atoms with E-state index in [9.17, 15) is 4.79 Å². The van der Waals surface area contributed by atoms with Gasteiger partial charge in [-0.25, -0.2) is 0 Å². The molecule has 2 nitrogen and oxygen atoms in total. The molecular weight excluding hydrogens is 174 g/mol. The molecule has 1 aromatic carbocycles. The number of amides is 1. The first-order chi connectivity index (χ1) is 6.66. The summed E-state index contributed by atoms with van der Waals surface area (Å²) in [5.74, 6) is -0.244. The van der Waals surface area contributed by atoms with Gasteiger partial charge in [-0.15, -0.1) is 0 Å². The van der Waals surface area contributed by atoms with Crippen molar-refractivity contribution in [2.24, 2.45) is 5.73 Å². The number of fused-ring (bicyclic) bond motifs is 1. The Labute approximate surface area is 84.1 Å². The third-order valence-electron chi connectivity index (χ3n) is 2.92. The molecule has 1 aliphatic rings. The Hall–Kier alpha value is -1.31. The van der Waals surface area contributed by atoms with Gasteiger partial charge in [-0.05, 0) is 48.4 Å². The van der Waals surface area contributed by atoms with Crippen molar-refractivity contribution in [3.05, 3.63) is 34.4 Å². The molecule has 1 aromatic rings. The minimum atomic E-state index is -0.244. The Bertz CT molecular complexity index is 382. The average molecular weight is 189 g/mol. The van der Waals surface area contributed by atoms with Crippen molar-refractivity contribution < 1.29 is 4.79 Å². The third-order valence-corrected chi connectivity index (χ3v) is 2.92. The number of aryl methyl sites for hydroxylation is 3. The van der Waals surface area contributed by atoms with Gasteiger partial charge in [0.1, 0.15) is 0 Å². The van der Waals surface area contributed by atoms with Crippen molar-refractivity contribution in [3.8, 4) is 0 Å². The van der Waals surface area contributed by atoms with Crippen LogP contribution in [0.5, 0.6) is 0 Å². The molecule has 2 N–H and O–H groups in total. The molecular formula is C12H15NO. The molecule has 0 spiro atoms. The first-order valence-electron chi connectivity index (χ1n) is 5.06. The second-order valence-electron chi connectivity index (χ2n) is 4.04. The minimum Gasteiger partial charge on any atom is -0.369 e. The Kier molecular flexibility index (Phi) is 2.28. The SMILES string of the molecule is Cc1cc2c(cc1CC(N)=O)CCC2. The molecule has 0 fully saturated rings. The number of rotatable bonds is 2. The predicted molar refractivity (Wildman–Crippen MR) is 56.1 cm³/mol. The highest BCUT2D eigenvalue weighted by Crippen LogP contribution is 2.25. The molecule has 74 valence electrons. The summed E-state index contributed by atoms with van der Waals surface area (Å²) in [7, 11) is 0. The summed E-state index contributed by atoms with van der Waals surface area (Å²) in [5, 5.41) is 0. The van der Waals surface area contributed by atoms with Gasteiger partial charge in [-0.3, -0.25) is 4.79 Å². The molecule has 0 radical (unpaired) electrons. The van der Waals surface area contributed by atoms with Gasteiger partial charge in [-0.1, -0.05) is 12.1 Å². The molecule has 0 heterocycles. The zero-order valence-corrected chi connectivity index (χ0v) is 8.47. The normalized spacial score (nSPS) is 14.1. The Morgan fingerprint density at radius 3 is 2.64 bits per heavy atom. The van der Waals surface area contributed by atoms with Gasteiger partial charge in [-0.2, -0.15) is 0 Å². The number of carbonyl (C=O) groups excluding carboxylic acids is 1. The summed E-state index contributed by atoms with van der Waals surface area (Å²) >= 11 is 0. The van der Waals surface area contributed by atoms with E-state index in [1.54, 1.807) is 0 Å². The van der Waals surface area contributed by atoms with Crippen molar-refractivity contribution in [2.75, 3.05) is 0 Å². The van der Waals surface area contributed by atoms with Gasteiger partial charge in [0, 0.05) is 0 Å². The van der Waals surface area contributed by atoms with Crippen LogP contribution < -0.4 is 5.73 Å². The number of hydrogen-bond donors (Lipinski definition) is 1. The maximum absolute atomic E-state index is 10.8. The van der Waals surface area contributed by atoms with E-state index >= 15 is 0 Å². The second-order valence-corrected chi connectivity index (χ2v) is 4.04. The fourth-order valence-corrected chi connectivity index (χ4v) is 2.18. The van der Waals surface area contributed by atoms with E-state index in [1.807, 2.05) is 0 Å². The van der Waals surface area contributed by atoms with Crippen LogP contribution in [0.3, 0.4) is 0 Å². The van der Waals surface area contributed by atoms with E-state index < -0.39 is 0 Å². The predicted octanol–water partition coefficient (Wildman–Crippen LogP) is 1.51. The highest BCUT2D eigenvalue weighted by atomic mass is 16.1.